The number of sulfonamides is 1. The van der Waals surface area contributed by atoms with Crippen molar-refractivity contribution in [2.24, 2.45) is 0 Å². The van der Waals surface area contributed by atoms with Gasteiger partial charge in [0.2, 0.25) is 0 Å². The zero-order valence-electron chi connectivity index (χ0n) is 11.6. The van der Waals surface area contributed by atoms with Gasteiger partial charge in [0, 0.05) is 5.69 Å². The summed E-state index contributed by atoms with van der Waals surface area (Å²) >= 11 is 0. The van der Waals surface area contributed by atoms with E-state index in [0.717, 1.165) is 19.6 Å². The van der Waals surface area contributed by atoms with Crippen molar-refractivity contribution in [3.63, 3.8) is 0 Å². The van der Waals surface area contributed by atoms with Crippen LogP contribution >= 0.6 is 0 Å². The van der Waals surface area contributed by atoms with Crippen LogP contribution in [0.1, 0.15) is 19.4 Å². The number of nitrogens with two attached hydrogens (primary N) is 1. The monoisotopic (exact) mass is 285 g/mol. The fraction of sp³-hybridized carbons (Fsp3) is 0.538. The molecule has 0 spiro atoms. The molecule has 0 amide bonds. The van der Waals surface area contributed by atoms with Crippen molar-refractivity contribution in [2.45, 2.75) is 19.6 Å². The fourth-order valence-corrected chi connectivity index (χ4v) is 2.89. The van der Waals surface area contributed by atoms with E-state index >= 15 is 0 Å². The van der Waals surface area contributed by atoms with Gasteiger partial charge in [0.25, 0.3) is 0 Å². The van der Waals surface area contributed by atoms with Gasteiger partial charge in [0.1, 0.15) is 0 Å². The van der Waals surface area contributed by atoms with E-state index in [4.69, 9.17) is 5.73 Å². The van der Waals surface area contributed by atoms with Crippen LogP contribution in [0.2, 0.25) is 0 Å². The average Bonchev–Trinajstić information content (AvgIpc) is 2.37. The number of likely N-dealkylation sites (N-methyl/N-ethyl adjacent to an activating group) is 1. The maximum absolute atomic E-state index is 11.8. The number of hydrogen-bond donors (Lipinski definition) is 2. The van der Waals surface area contributed by atoms with Crippen molar-refractivity contribution >= 4 is 15.7 Å². The van der Waals surface area contributed by atoms with Gasteiger partial charge in [0.15, 0.2) is 0 Å². The van der Waals surface area contributed by atoms with Gasteiger partial charge in [-0.25, -0.2) is 8.42 Å². The van der Waals surface area contributed by atoms with E-state index in [-0.39, 0.29) is 5.75 Å². The van der Waals surface area contributed by atoms with Gasteiger partial charge < -0.3 is 15.4 Å². The van der Waals surface area contributed by atoms with Crippen LogP contribution in [0.3, 0.4) is 0 Å². The molecule has 0 saturated carbocycles. The lowest BCUT2D eigenvalue weighted by atomic mass is 10.2. The molecular weight excluding hydrogens is 262 g/mol. The van der Waals surface area contributed by atoms with Crippen molar-refractivity contribution < 1.29 is 13.3 Å². The van der Waals surface area contributed by atoms with Crippen molar-refractivity contribution in [2.75, 3.05) is 31.9 Å². The molecule has 1 rings (SSSR count). The quantitative estimate of drug-likeness (QED) is 0.679. The van der Waals surface area contributed by atoms with Crippen LogP contribution < -0.4 is 10.6 Å². The number of quaternary nitrogens is 1. The highest BCUT2D eigenvalue weighted by molar-refractivity contribution is 7.93. The van der Waals surface area contributed by atoms with E-state index in [1.165, 1.54) is 4.90 Å². The van der Waals surface area contributed by atoms with Crippen molar-refractivity contribution in [3.05, 3.63) is 34.6 Å². The zero-order valence-corrected chi connectivity index (χ0v) is 12.4. The molecule has 0 aliphatic heterocycles. The van der Waals surface area contributed by atoms with Crippen LogP contribution in [0.25, 0.3) is 4.72 Å². The van der Waals surface area contributed by atoms with E-state index in [2.05, 4.69) is 18.6 Å². The Kier molecular flexibility index (Phi) is 6.27. The Morgan fingerprint density at radius 3 is 2.26 bits per heavy atom. The molecule has 3 N–H and O–H groups in total. The van der Waals surface area contributed by atoms with Crippen LogP contribution in [0, 0.1) is 0 Å². The molecule has 0 saturated heterocycles. The van der Waals surface area contributed by atoms with Crippen LogP contribution in [0.15, 0.2) is 24.3 Å². The molecule has 5 nitrogen and oxygen atoms in total. The molecule has 19 heavy (non-hydrogen) atoms. The zero-order chi connectivity index (χ0) is 14.3. The molecule has 0 radical (unpaired) electrons. The minimum Gasteiger partial charge on any atom is -0.544 e. The summed E-state index contributed by atoms with van der Waals surface area (Å²) in [4.78, 5) is 1.35. The Labute approximate surface area is 115 Å². The van der Waals surface area contributed by atoms with Gasteiger partial charge in [-0.15, -0.1) is 0 Å². The van der Waals surface area contributed by atoms with Gasteiger partial charge in [0.05, 0.1) is 35.4 Å². The van der Waals surface area contributed by atoms with Gasteiger partial charge in [-0.2, -0.15) is 0 Å². The number of nitrogens with zero attached hydrogens (tertiary/aromatic N) is 1. The molecule has 1 aromatic carbocycles. The maximum atomic E-state index is 11.8. The number of anilines is 1. The highest BCUT2D eigenvalue weighted by Crippen LogP contribution is 2.12. The Morgan fingerprint density at radius 1 is 1.16 bits per heavy atom. The molecule has 0 aromatic heterocycles. The third-order valence-electron chi connectivity index (χ3n) is 3.08. The van der Waals surface area contributed by atoms with Gasteiger partial charge in [-0.3, -0.25) is 0 Å². The first-order valence-electron chi connectivity index (χ1n) is 6.56. The summed E-state index contributed by atoms with van der Waals surface area (Å²) in [6.07, 6.45) is 0. The third kappa shape index (κ3) is 6.04. The molecule has 108 valence electrons. The number of benzene rings is 1. The molecule has 0 heterocycles. The summed E-state index contributed by atoms with van der Waals surface area (Å²) in [6, 6.07) is 6.84. The summed E-state index contributed by atoms with van der Waals surface area (Å²) in [5.74, 6) is -0.0547. The Morgan fingerprint density at radius 2 is 1.74 bits per heavy atom. The molecule has 6 heteroatoms. The lowest BCUT2D eigenvalue weighted by Crippen LogP contribution is -3.11. The summed E-state index contributed by atoms with van der Waals surface area (Å²) in [6.45, 7) is 7.26. The number of hydrogen-bond acceptors (Lipinski definition) is 3. The van der Waals surface area contributed by atoms with Gasteiger partial charge >= 0.3 is 0 Å². The summed E-state index contributed by atoms with van der Waals surface area (Å²) in [7, 11) is -3.39. The van der Waals surface area contributed by atoms with Gasteiger partial charge in [-0.05, 0) is 31.5 Å². The van der Waals surface area contributed by atoms with Crippen LogP contribution in [-0.4, -0.2) is 34.6 Å². The van der Waals surface area contributed by atoms with Crippen LogP contribution in [-0.2, 0) is 15.8 Å². The largest absolute Gasteiger partial charge is 0.544 e. The standard InChI is InChI=1S/C13H22N3O2S/c1-3-16(4-2)10-9-15-19(17,18)11-12-5-7-13(14)8-6-12/h5-8H,3-4,9-11,14H2,1-2H3/q-1/p+1. The van der Waals surface area contributed by atoms with E-state index in [1.807, 2.05) is 0 Å². The summed E-state index contributed by atoms with van der Waals surface area (Å²) in [5, 5.41) is 0. The molecule has 1 aromatic rings. The van der Waals surface area contributed by atoms with E-state index in [9.17, 15) is 8.42 Å². The maximum Gasteiger partial charge on any atom is 0.0765 e. The minimum absolute atomic E-state index is 0.0547. The minimum atomic E-state index is -3.39. The molecule has 0 atom stereocenters. The highest BCUT2D eigenvalue weighted by atomic mass is 32.2. The smallest absolute Gasteiger partial charge is 0.0765 e. The Balaban J connectivity index is 2.46. The normalized spacial score (nSPS) is 11.9. The van der Waals surface area contributed by atoms with E-state index < -0.39 is 10.0 Å². The molecule has 0 unspecified atom stereocenters. The number of nitrogens with one attached hydrogen (secondary N) is 1. The van der Waals surface area contributed by atoms with Crippen molar-refractivity contribution in [3.8, 4) is 0 Å². The molecular formula is C13H23N3O2S. The SMILES string of the molecule is CC[NH+](CC)CC[N-]S(=O)(=O)Cc1ccc(N)cc1. The lowest BCUT2D eigenvalue weighted by Gasteiger charge is -2.23. The van der Waals surface area contributed by atoms with Gasteiger partial charge in [-0.1, -0.05) is 18.7 Å². The summed E-state index contributed by atoms with van der Waals surface area (Å²) < 4.78 is 27.5. The first-order chi connectivity index (χ1) is 8.96. The summed E-state index contributed by atoms with van der Waals surface area (Å²) in [5.41, 5.74) is 6.90. The van der Waals surface area contributed by atoms with E-state index in [1.54, 1.807) is 24.3 Å². The van der Waals surface area contributed by atoms with Crippen molar-refractivity contribution in [1.29, 1.82) is 0 Å². The number of rotatable bonds is 8. The third-order valence-corrected chi connectivity index (χ3v) is 4.36. The molecule has 0 fully saturated rings. The van der Waals surface area contributed by atoms with Crippen LogP contribution in [0.5, 0.6) is 0 Å². The fourth-order valence-electron chi connectivity index (χ4n) is 1.82. The predicted molar refractivity (Wildman–Crippen MR) is 78.6 cm³/mol. The number of nitrogen functional groups attached to an aromatic ring is 1. The lowest BCUT2D eigenvalue weighted by molar-refractivity contribution is -0.894. The first-order valence-corrected chi connectivity index (χ1v) is 8.17. The second-order valence-corrected chi connectivity index (χ2v) is 6.24. The molecule has 0 aliphatic carbocycles. The predicted octanol–water partition coefficient (Wildman–Crippen LogP) is 0.397. The first kappa shape index (κ1) is 15.9. The highest BCUT2D eigenvalue weighted by Gasteiger charge is 2.03. The van der Waals surface area contributed by atoms with Crippen LogP contribution in [0.4, 0.5) is 5.69 Å². The Bertz CT molecular complexity index is 467. The van der Waals surface area contributed by atoms with E-state index in [0.29, 0.717) is 17.8 Å². The van der Waals surface area contributed by atoms with Crippen molar-refractivity contribution in [1.82, 2.24) is 0 Å². The second-order valence-electron chi connectivity index (χ2n) is 4.53. The topological polar surface area (TPSA) is 78.7 Å². The average molecular weight is 285 g/mol. The molecule has 0 aliphatic rings. The molecule has 0 bridgehead atoms. The Hall–Kier alpha value is -1.11. The second kappa shape index (κ2) is 7.47.